The Labute approximate surface area is 116 Å². The molecular weight excluding hydrogens is 264 g/mol. The maximum atomic E-state index is 12.1. The Bertz CT molecular complexity index is 488. The summed E-state index contributed by atoms with van der Waals surface area (Å²) in [5.74, 6) is -0.00426. The molecule has 1 unspecified atom stereocenters. The molecule has 104 valence electrons. The molecule has 0 spiro atoms. The molecule has 1 N–H and O–H groups in total. The van der Waals surface area contributed by atoms with Crippen molar-refractivity contribution >= 4 is 23.3 Å². The average molecular weight is 282 g/mol. The summed E-state index contributed by atoms with van der Waals surface area (Å²) in [6.45, 7) is 6.93. The summed E-state index contributed by atoms with van der Waals surface area (Å²) < 4.78 is 0. The van der Waals surface area contributed by atoms with Crippen LogP contribution in [0.25, 0.3) is 0 Å². The third kappa shape index (κ3) is 3.04. The van der Waals surface area contributed by atoms with Crippen LogP contribution >= 0.6 is 11.3 Å². The van der Waals surface area contributed by atoms with Crippen LogP contribution in [-0.4, -0.2) is 46.5 Å². The molecule has 3 amide bonds. The molecule has 2 rings (SSSR count). The second kappa shape index (κ2) is 5.56. The van der Waals surface area contributed by atoms with Crippen LogP contribution < -0.4 is 5.32 Å². The number of carbonyl (C=O) groups excluding carboxylic acids is 2. The van der Waals surface area contributed by atoms with Gasteiger partial charge in [0.1, 0.15) is 11.6 Å². The molecule has 1 aromatic heterocycles. The topological polar surface area (TPSA) is 65.5 Å². The standard InChI is InChI=1S/C12H18N4O2S/c1-4-15-7-16(6-10(15)17)12(18)14-9(3)11-13-5-8(2)19-11/h5,9H,4,6-7H2,1-3H3,(H,14,18). The summed E-state index contributed by atoms with van der Waals surface area (Å²) in [6, 6.07) is -0.360. The predicted octanol–water partition coefficient (Wildman–Crippen LogP) is 1.34. The van der Waals surface area contributed by atoms with Crippen molar-refractivity contribution in [1.29, 1.82) is 0 Å². The van der Waals surface area contributed by atoms with E-state index in [9.17, 15) is 9.59 Å². The van der Waals surface area contributed by atoms with Gasteiger partial charge in [-0.2, -0.15) is 0 Å². The van der Waals surface area contributed by atoms with E-state index < -0.39 is 0 Å². The largest absolute Gasteiger partial charge is 0.329 e. The number of nitrogens with one attached hydrogen (secondary N) is 1. The molecule has 1 aliphatic rings. The van der Waals surface area contributed by atoms with Crippen LogP contribution in [0.2, 0.25) is 0 Å². The third-order valence-electron chi connectivity index (χ3n) is 3.04. The van der Waals surface area contributed by atoms with Gasteiger partial charge in [0.05, 0.1) is 12.7 Å². The lowest BCUT2D eigenvalue weighted by molar-refractivity contribution is -0.126. The summed E-state index contributed by atoms with van der Waals surface area (Å²) in [5.41, 5.74) is 0. The maximum absolute atomic E-state index is 12.1. The van der Waals surface area contributed by atoms with Crippen molar-refractivity contribution in [3.05, 3.63) is 16.1 Å². The number of hydrogen-bond acceptors (Lipinski definition) is 4. The minimum absolute atomic E-state index is 0.00426. The van der Waals surface area contributed by atoms with E-state index in [0.717, 1.165) is 9.88 Å². The number of hydrogen-bond donors (Lipinski definition) is 1. The molecule has 1 atom stereocenters. The summed E-state index contributed by atoms with van der Waals surface area (Å²) in [4.78, 5) is 32.2. The molecule has 0 saturated carbocycles. The van der Waals surface area contributed by atoms with Gasteiger partial charge >= 0.3 is 6.03 Å². The van der Waals surface area contributed by atoms with Gasteiger partial charge in [0.2, 0.25) is 5.91 Å². The Hall–Kier alpha value is -1.63. The first-order valence-electron chi connectivity index (χ1n) is 6.26. The number of aryl methyl sites for hydroxylation is 1. The quantitative estimate of drug-likeness (QED) is 0.910. The van der Waals surface area contributed by atoms with Crippen LogP contribution in [0.3, 0.4) is 0 Å². The van der Waals surface area contributed by atoms with Crippen molar-refractivity contribution in [2.75, 3.05) is 19.8 Å². The van der Waals surface area contributed by atoms with Crippen LogP contribution in [0.15, 0.2) is 6.20 Å². The molecule has 19 heavy (non-hydrogen) atoms. The maximum Gasteiger partial charge on any atom is 0.319 e. The molecule has 2 heterocycles. The number of thiazole rings is 1. The number of carbonyl (C=O) groups is 2. The Morgan fingerprint density at radius 1 is 1.63 bits per heavy atom. The lowest BCUT2D eigenvalue weighted by atomic mass is 10.3. The average Bonchev–Trinajstić information content (AvgIpc) is 2.95. The number of nitrogens with zero attached hydrogens (tertiary/aromatic N) is 3. The first kappa shape index (κ1) is 13.8. The van der Waals surface area contributed by atoms with Crippen molar-refractivity contribution in [1.82, 2.24) is 20.1 Å². The first-order valence-corrected chi connectivity index (χ1v) is 7.08. The SMILES string of the molecule is CCN1CN(C(=O)NC(C)c2ncc(C)s2)CC1=O. The zero-order valence-corrected chi connectivity index (χ0v) is 12.2. The fourth-order valence-electron chi connectivity index (χ4n) is 1.92. The molecule has 6 nitrogen and oxygen atoms in total. The monoisotopic (exact) mass is 282 g/mol. The lowest BCUT2D eigenvalue weighted by Crippen LogP contribution is -2.40. The van der Waals surface area contributed by atoms with Crippen molar-refractivity contribution in [2.45, 2.75) is 26.8 Å². The zero-order valence-electron chi connectivity index (χ0n) is 11.3. The molecule has 1 aliphatic heterocycles. The highest BCUT2D eigenvalue weighted by Gasteiger charge is 2.30. The van der Waals surface area contributed by atoms with Crippen LogP contribution in [0.4, 0.5) is 4.79 Å². The molecule has 0 radical (unpaired) electrons. The fraction of sp³-hybridized carbons (Fsp3) is 0.583. The number of aromatic nitrogens is 1. The summed E-state index contributed by atoms with van der Waals surface area (Å²) in [6.07, 6.45) is 1.79. The van der Waals surface area contributed by atoms with E-state index in [1.54, 1.807) is 22.4 Å². The second-order valence-electron chi connectivity index (χ2n) is 4.57. The van der Waals surface area contributed by atoms with Gasteiger partial charge in [-0.15, -0.1) is 11.3 Å². The molecule has 0 aromatic carbocycles. The number of urea groups is 1. The molecule has 1 aromatic rings. The normalized spacial score (nSPS) is 16.9. The number of likely N-dealkylation sites (N-methyl/N-ethyl adjacent to an activating group) is 1. The van der Waals surface area contributed by atoms with Crippen LogP contribution in [0.5, 0.6) is 0 Å². The van der Waals surface area contributed by atoms with Crippen molar-refractivity contribution in [2.24, 2.45) is 0 Å². The van der Waals surface area contributed by atoms with E-state index >= 15 is 0 Å². The van der Waals surface area contributed by atoms with E-state index in [0.29, 0.717) is 13.2 Å². The van der Waals surface area contributed by atoms with E-state index in [2.05, 4.69) is 10.3 Å². The molecule has 1 saturated heterocycles. The summed E-state index contributed by atoms with van der Waals surface area (Å²) in [7, 11) is 0. The van der Waals surface area contributed by atoms with E-state index in [1.165, 1.54) is 4.90 Å². The van der Waals surface area contributed by atoms with Crippen LogP contribution in [0, 0.1) is 6.92 Å². The highest BCUT2D eigenvalue weighted by Crippen LogP contribution is 2.19. The van der Waals surface area contributed by atoms with Crippen LogP contribution in [-0.2, 0) is 4.79 Å². The van der Waals surface area contributed by atoms with Crippen molar-refractivity contribution in [3.8, 4) is 0 Å². The Balaban J connectivity index is 1.93. The van der Waals surface area contributed by atoms with E-state index in [-0.39, 0.29) is 24.5 Å². The lowest BCUT2D eigenvalue weighted by Gasteiger charge is -2.19. The third-order valence-corrected chi connectivity index (χ3v) is 4.13. The van der Waals surface area contributed by atoms with Gasteiger partial charge in [-0.1, -0.05) is 0 Å². The predicted molar refractivity (Wildman–Crippen MR) is 72.8 cm³/mol. The van der Waals surface area contributed by atoms with Gasteiger partial charge in [0.25, 0.3) is 0 Å². The zero-order chi connectivity index (χ0) is 14.0. The Kier molecular flexibility index (Phi) is 4.04. The minimum atomic E-state index is -0.218. The highest BCUT2D eigenvalue weighted by molar-refractivity contribution is 7.11. The second-order valence-corrected chi connectivity index (χ2v) is 5.84. The van der Waals surface area contributed by atoms with Gasteiger partial charge in [0, 0.05) is 17.6 Å². The molecule has 1 fully saturated rings. The first-order chi connectivity index (χ1) is 9.01. The molecule has 7 heteroatoms. The number of amides is 3. The van der Waals surface area contributed by atoms with E-state index in [4.69, 9.17) is 0 Å². The van der Waals surface area contributed by atoms with Gasteiger partial charge in [-0.05, 0) is 20.8 Å². The fourth-order valence-corrected chi connectivity index (χ4v) is 2.70. The van der Waals surface area contributed by atoms with Gasteiger partial charge in [-0.25, -0.2) is 9.78 Å². The van der Waals surface area contributed by atoms with Gasteiger partial charge in [-0.3, -0.25) is 9.69 Å². The summed E-state index contributed by atoms with van der Waals surface area (Å²) >= 11 is 1.56. The van der Waals surface area contributed by atoms with Crippen LogP contribution in [0.1, 0.15) is 29.8 Å². The molecule has 0 aliphatic carbocycles. The van der Waals surface area contributed by atoms with Crippen molar-refractivity contribution < 1.29 is 9.59 Å². The smallest absolute Gasteiger partial charge is 0.319 e. The van der Waals surface area contributed by atoms with Crippen molar-refractivity contribution in [3.63, 3.8) is 0 Å². The van der Waals surface area contributed by atoms with Gasteiger partial charge in [0.15, 0.2) is 0 Å². The van der Waals surface area contributed by atoms with Gasteiger partial charge < -0.3 is 10.2 Å². The Morgan fingerprint density at radius 2 is 2.37 bits per heavy atom. The Morgan fingerprint density at radius 3 is 2.89 bits per heavy atom. The molecular formula is C12H18N4O2S. The number of rotatable bonds is 3. The minimum Gasteiger partial charge on any atom is -0.329 e. The van der Waals surface area contributed by atoms with E-state index in [1.807, 2.05) is 20.8 Å². The highest BCUT2D eigenvalue weighted by atomic mass is 32.1. The molecule has 0 bridgehead atoms. The summed E-state index contributed by atoms with van der Waals surface area (Å²) in [5, 5.41) is 3.75.